The molecule has 1 aromatic heterocycles. The predicted molar refractivity (Wildman–Crippen MR) is 90.8 cm³/mol. The first-order valence-corrected chi connectivity index (χ1v) is 7.59. The van der Waals surface area contributed by atoms with E-state index in [0.717, 1.165) is 5.56 Å². The lowest BCUT2D eigenvalue weighted by Crippen LogP contribution is -2.29. The maximum atomic E-state index is 13.9. The summed E-state index contributed by atoms with van der Waals surface area (Å²) >= 11 is 0. The van der Waals surface area contributed by atoms with Gasteiger partial charge >= 0.3 is 11.1 Å². The second-order valence-electron chi connectivity index (χ2n) is 5.54. The molecule has 0 atom stereocenters. The quantitative estimate of drug-likeness (QED) is 0.708. The minimum atomic E-state index is -0.790. The van der Waals surface area contributed by atoms with Crippen molar-refractivity contribution in [3.05, 3.63) is 86.7 Å². The van der Waals surface area contributed by atoms with Gasteiger partial charge in [0.05, 0.1) is 11.0 Å². The standard InChI is InChI=1S/C18H17FN3O2/c1-2-22(10-12-6-4-3-5-7-12)11-13-8-14(19)9-15-16(13)21-18(24)17(23)20-15/h2-9H,10-11H2,1H3,(H,20,23)(H,21,24). The van der Waals surface area contributed by atoms with Gasteiger partial charge in [-0.1, -0.05) is 30.3 Å². The molecule has 0 saturated carbocycles. The van der Waals surface area contributed by atoms with E-state index >= 15 is 0 Å². The predicted octanol–water partition coefficient (Wildman–Crippen LogP) is 2.54. The largest absolute Gasteiger partial charge is 0.316 e. The molecule has 24 heavy (non-hydrogen) atoms. The van der Waals surface area contributed by atoms with Gasteiger partial charge in [0.15, 0.2) is 0 Å². The van der Waals surface area contributed by atoms with Gasteiger partial charge in [0, 0.05) is 19.6 Å². The van der Waals surface area contributed by atoms with Gasteiger partial charge in [0.1, 0.15) is 5.82 Å². The van der Waals surface area contributed by atoms with Gasteiger partial charge in [-0.2, -0.15) is 0 Å². The number of aromatic nitrogens is 2. The molecule has 2 aromatic carbocycles. The van der Waals surface area contributed by atoms with E-state index < -0.39 is 16.9 Å². The number of nitrogens with one attached hydrogen (secondary N) is 2. The van der Waals surface area contributed by atoms with Crippen LogP contribution in [0.3, 0.4) is 0 Å². The van der Waals surface area contributed by atoms with Gasteiger partial charge in [0.2, 0.25) is 0 Å². The average molecular weight is 326 g/mol. The molecule has 2 N–H and O–H groups in total. The summed E-state index contributed by atoms with van der Waals surface area (Å²) in [5, 5.41) is 0. The van der Waals surface area contributed by atoms with Gasteiger partial charge in [-0.15, -0.1) is 0 Å². The number of benzene rings is 2. The third-order valence-corrected chi connectivity index (χ3v) is 3.84. The first-order valence-electron chi connectivity index (χ1n) is 7.59. The van der Waals surface area contributed by atoms with Crippen molar-refractivity contribution in [2.24, 2.45) is 0 Å². The molecule has 1 heterocycles. The lowest BCUT2D eigenvalue weighted by atomic mass is 10.1. The van der Waals surface area contributed by atoms with E-state index in [1.165, 1.54) is 12.1 Å². The van der Waals surface area contributed by atoms with Crippen LogP contribution in [0, 0.1) is 12.4 Å². The van der Waals surface area contributed by atoms with Gasteiger partial charge < -0.3 is 9.97 Å². The molecule has 6 heteroatoms. The van der Waals surface area contributed by atoms with Crippen LogP contribution in [-0.2, 0) is 13.1 Å². The molecule has 3 aromatic rings. The Labute approximate surface area is 137 Å². The molecule has 0 aliphatic heterocycles. The van der Waals surface area contributed by atoms with Crippen molar-refractivity contribution >= 4 is 11.0 Å². The third-order valence-electron chi connectivity index (χ3n) is 3.84. The Bertz CT molecular complexity index is 963. The smallest absolute Gasteiger partial charge is 0.314 e. The highest BCUT2D eigenvalue weighted by Crippen LogP contribution is 2.19. The Balaban J connectivity index is 1.97. The lowest BCUT2D eigenvalue weighted by molar-refractivity contribution is 0.322. The summed E-state index contributed by atoms with van der Waals surface area (Å²) in [4.78, 5) is 30.0. The topological polar surface area (TPSA) is 69.0 Å². The van der Waals surface area contributed by atoms with Crippen molar-refractivity contribution in [1.82, 2.24) is 14.9 Å². The lowest BCUT2D eigenvalue weighted by Gasteiger charge is -2.21. The average Bonchev–Trinajstić information content (AvgIpc) is 2.57. The summed E-state index contributed by atoms with van der Waals surface area (Å²) in [6.07, 6.45) is 0. The number of nitrogens with zero attached hydrogens (tertiary/aromatic N) is 1. The molecule has 0 saturated heterocycles. The molecule has 5 nitrogen and oxygen atoms in total. The van der Waals surface area contributed by atoms with Crippen LogP contribution < -0.4 is 11.1 Å². The number of rotatable bonds is 5. The van der Waals surface area contributed by atoms with E-state index in [-0.39, 0.29) is 5.52 Å². The van der Waals surface area contributed by atoms with Crippen LogP contribution in [0.5, 0.6) is 0 Å². The fourth-order valence-electron chi connectivity index (χ4n) is 2.66. The highest BCUT2D eigenvalue weighted by Gasteiger charge is 2.12. The van der Waals surface area contributed by atoms with Crippen molar-refractivity contribution in [1.29, 1.82) is 0 Å². The number of hydrogen-bond donors (Lipinski definition) is 2. The number of aromatic amines is 2. The van der Waals surface area contributed by atoms with Crippen LogP contribution >= 0.6 is 0 Å². The molecule has 3 rings (SSSR count). The van der Waals surface area contributed by atoms with Crippen LogP contribution in [-0.4, -0.2) is 14.9 Å². The molecule has 0 spiro atoms. The number of fused-ring (bicyclic) bond motifs is 1. The molecular formula is C18H17FN3O2. The molecule has 0 aliphatic rings. The zero-order chi connectivity index (χ0) is 17.1. The van der Waals surface area contributed by atoms with Crippen molar-refractivity contribution in [2.75, 3.05) is 0 Å². The second kappa shape index (κ2) is 6.80. The van der Waals surface area contributed by atoms with Crippen LogP contribution in [0.15, 0.2) is 52.1 Å². The van der Waals surface area contributed by atoms with Gasteiger partial charge in [-0.25, -0.2) is 4.39 Å². The summed E-state index contributed by atoms with van der Waals surface area (Å²) in [6, 6.07) is 12.5. The zero-order valence-corrected chi connectivity index (χ0v) is 13.2. The highest BCUT2D eigenvalue weighted by molar-refractivity contribution is 5.77. The van der Waals surface area contributed by atoms with Gasteiger partial charge in [-0.05, 0) is 30.2 Å². The zero-order valence-electron chi connectivity index (χ0n) is 13.2. The fourth-order valence-corrected chi connectivity index (χ4v) is 2.66. The summed E-state index contributed by atoms with van der Waals surface area (Å²) < 4.78 is 13.9. The van der Waals surface area contributed by atoms with E-state index in [0.29, 0.717) is 24.2 Å². The molecule has 0 bridgehead atoms. The van der Waals surface area contributed by atoms with E-state index in [2.05, 4.69) is 9.97 Å². The molecular weight excluding hydrogens is 309 g/mol. The summed E-state index contributed by atoms with van der Waals surface area (Å²) in [5.41, 5.74) is 0.921. The first kappa shape index (κ1) is 16.1. The van der Waals surface area contributed by atoms with Crippen molar-refractivity contribution in [3.8, 4) is 0 Å². The number of halogens is 1. The van der Waals surface area contributed by atoms with Gasteiger partial charge in [-0.3, -0.25) is 14.5 Å². The Hall–Kier alpha value is -2.73. The maximum absolute atomic E-state index is 13.9. The van der Waals surface area contributed by atoms with Crippen LogP contribution in [0.4, 0.5) is 4.39 Å². The molecule has 1 radical (unpaired) electrons. The Morgan fingerprint density at radius 1 is 1.04 bits per heavy atom. The molecule has 0 aliphatic carbocycles. The summed E-state index contributed by atoms with van der Waals surface area (Å²) in [6.45, 7) is 4.87. The minimum Gasteiger partial charge on any atom is -0.316 e. The van der Waals surface area contributed by atoms with E-state index in [1.54, 1.807) is 0 Å². The Kier molecular flexibility index (Phi) is 4.57. The van der Waals surface area contributed by atoms with Crippen molar-refractivity contribution < 1.29 is 4.39 Å². The van der Waals surface area contributed by atoms with E-state index in [9.17, 15) is 14.0 Å². The monoisotopic (exact) mass is 326 g/mol. The van der Waals surface area contributed by atoms with Crippen molar-refractivity contribution in [2.45, 2.75) is 20.0 Å². The maximum Gasteiger partial charge on any atom is 0.314 e. The van der Waals surface area contributed by atoms with Crippen molar-refractivity contribution in [3.63, 3.8) is 0 Å². The minimum absolute atomic E-state index is 0.283. The molecule has 0 unspecified atom stereocenters. The number of hydrogen-bond acceptors (Lipinski definition) is 3. The highest BCUT2D eigenvalue weighted by atomic mass is 19.1. The van der Waals surface area contributed by atoms with Crippen LogP contribution in [0.25, 0.3) is 11.0 Å². The Morgan fingerprint density at radius 3 is 2.46 bits per heavy atom. The van der Waals surface area contributed by atoms with Gasteiger partial charge in [0.25, 0.3) is 0 Å². The fraction of sp³-hybridized carbons (Fsp3) is 0.167. The normalized spacial score (nSPS) is 11.3. The Morgan fingerprint density at radius 2 is 1.75 bits per heavy atom. The summed E-state index contributed by atoms with van der Waals surface area (Å²) in [5.74, 6) is -0.462. The van der Waals surface area contributed by atoms with Crippen LogP contribution in [0.1, 0.15) is 18.1 Å². The second-order valence-corrected chi connectivity index (χ2v) is 5.54. The molecule has 123 valence electrons. The van der Waals surface area contributed by atoms with E-state index in [4.69, 9.17) is 0 Å². The third kappa shape index (κ3) is 3.44. The first-order chi connectivity index (χ1) is 11.6. The van der Waals surface area contributed by atoms with Crippen LogP contribution in [0.2, 0.25) is 0 Å². The summed E-state index contributed by atoms with van der Waals surface area (Å²) in [7, 11) is 0. The molecule has 0 amide bonds. The SMILES string of the molecule is C[CH]N(Cc1ccccc1)Cc1cc(F)cc2[nH]c(=O)c(=O)[nH]c12. The number of H-pyrrole nitrogens is 2. The molecule has 0 fully saturated rings. The van der Waals surface area contributed by atoms with E-state index in [1.807, 2.05) is 48.7 Å².